The van der Waals surface area contributed by atoms with Crippen LogP contribution in [0.2, 0.25) is 24.3 Å². The van der Waals surface area contributed by atoms with Crippen LogP contribution in [-0.2, 0) is 18.3 Å². The summed E-state index contributed by atoms with van der Waals surface area (Å²) in [5.74, 6) is 0. The molecule has 0 heterocycles. The Hall–Kier alpha value is 1.13. The molecule has 0 rings (SSSR count). The fourth-order valence-electron chi connectivity index (χ4n) is 0. The first-order chi connectivity index (χ1) is 2.56. The maximum absolute atomic E-state index is 2.41. The summed E-state index contributed by atoms with van der Waals surface area (Å²) in [6, 6.07) is 0. The standard InChI is InChI=1S/C4H11Si.ClH.Zn/c1-5(2,3)4;;/h1H2,2-4H3;1H;/q;;+1/p-1. The molecule has 0 bridgehead atoms. The van der Waals surface area contributed by atoms with Crippen molar-refractivity contribution < 1.29 is 30.7 Å². The number of hydrogen-bond acceptors (Lipinski definition) is 0. The van der Waals surface area contributed by atoms with E-state index in [1.807, 2.05) is 0 Å². The molecule has 0 aliphatic carbocycles. The zero-order chi connectivity index (χ0) is 5.21. The molecule has 0 saturated heterocycles. The molecule has 0 nitrogen and oxygen atoms in total. The van der Waals surface area contributed by atoms with Crippen LogP contribution in [0.1, 0.15) is 0 Å². The van der Waals surface area contributed by atoms with Crippen LogP contribution in [0.25, 0.3) is 0 Å². The van der Waals surface area contributed by atoms with Crippen molar-refractivity contribution in [1.82, 2.24) is 0 Å². The Bertz CT molecular complexity index is 41.4. The summed E-state index contributed by atoms with van der Waals surface area (Å²) in [7, 11) is -0.576. The fraction of sp³-hybridized carbons (Fsp3) is 1.00. The quantitative estimate of drug-likeness (QED) is 0.455. The van der Waals surface area contributed by atoms with Crippen molar-refractivity contribution in [1.29, 1.82) is 0 Å². The minimum absolute atomic E-state index is 0. The first kappa shape index (κ1) is 11.0. The summed E-state index contributed by atoms with van der Waals surface area (Å²) in [5.41, 5.74) is 0. The largest absolute Gasteiger partial charge is 1.00 e. The third-order valence-corrected chi connectivity index (χ3v) is 11.7. The number of hydrogen-bond donors (Lipinski definition) is 0. The summed E-state index contributed by atoms with van der Waals surface area (Å²) in [5, 5.41) is 0. The van der Waals surface area contributed by atoms with Crippen LogP contribution in [0.3, 0.4) is 0 Å². The molecule has 0 unspecified atom stereocenters. The first-order valence-electron chi connectivity index (χ1n) is 2.35. The van der Waals surface area contributed by atoms with E-state index in [1.54, 1.807) is 0 Å². The summed E-state index contributed by atoms with van der Waals surface area (Å²) in [4.78, 5) is 0. The molecule has 0 aliphatic rings. The monoisotopic (exact) mass is 186 g/mol. The Balaban J connectivity index is 0. The van der Waals surface area contributed by atoms with Crippen molar-refractivity contribution in [2.75, 3.05) is 0 Å². The maximum Gasteiger partial charge on any atom is -1.00 e. The van der Waals surface area contributed by atoms with Gasteiger partial charge in [-0.15, -0.1) is 0 Å². The van der Waals surface area contributed by atoms with Gasteiger partial charge in [-0.05, 0) is 0 Å². The Kier molecular flexibility index (Phi) is 6.37. The summed E-state index contributed by atoms with van der Waals surface area (Å²) < 4.78 is 1.53. The maximum atomic E-state index is 2.41. The molecule has 0 spiro atoms. The van der Waals surface area contributed by atoms with Gasteiger partial charge in [-0.3, -0.25) is 0 Å². The van der Waals surface area contributed by atoms with Crippen LogP contribution >= 0.6 is 0 Å². The van der Waals surface area contributed by atoms with Gasteiger partial charge in [0.15, 0.2) is 0 Å². The molecule has 0 aromatic heterocycles. The van der Waals surface area contributed by atoms with E-state index in [0.29, 0.717) is 0 Å². The SMILES string of the molecule is C[Si](C)(C)[CH2][Zn+].[Cl-]. The third kappa shape index (κ3) is 11.0. The predicted molar refractivity (Wildman–Crippen MR) is 28.2 cm³/mol. The van der Waals surface area contributed by atoms with Gasteiger partial charge >= 0.3 is 50.7 Å². The van der Waals surface area contributed by atoms with E-state index in [1.165, 1.54) is 22.9 Å². The van der Waals surface area contributed by atoms with Crippen molar-refractivity contribution >= 4 is 8.07 Å². The van der Waals surface area contributed by atoms with Gasteiger partial charge in [-0.25, -0.2) is 0 Å². The Morgan fingerprint density at radius 1 is 1.29 bits per heavy atom. The number of rotatable bonds is 1. The van der Waals surface area contributed by atoms with Crippen molar-refractivity contribution in [3.63, 3.8) is 0 Å². The van der Waals surface area contributed by atoms with E-state index in [-0.39, 0.29) is 12.4 Å². The second-order valence-electron chi connectivity index (χ2n) is 2.81. The van der Waals surface area contributed by atoms with E-state index in [0.717, 1.165) is 0 Å². The molecule has 7 heavy (non-hydrogen) atoms. The van der Waals surface area contributed by atoms with Crippen LogP contribution in [0, 0.1) is 0 Å². The Morgan fingerprint density at radius 3 is 1.43 bits per heavy atom. The van der Waals surface area contributed by atoms with Gasteiger partial charge in [0.05, 0.1) is 0 Å². The van der Waals surface area contributed by atoms with Gasteiger partial charge in [0.2, 0.25) is 0 Å². The molecule has 0 aliphatic heterocycles. The van der Waals surface area contributed by atoms with Crippen LogP contribution in [0.5, 0.6) is 0 Å². The predicted octanol–water partition coefficient (Wildman–Crippen LogP) is -1.17. The normalized spacial score (nSPS) is 10.4. The molecule has 3 heteroatoms. The van der Waals surface area contributed by atoms with Crippen molar-refractivity contribution in [3.8, 4) is 0 Å². The summed E-state index contributed by atoms with van der Waals surface area (Å²) in [6.07, 6.45) is 0. The van der Waals surface area contributed by atoms with E-state index in [4.69, 9.17) is 0 Å². The van der Waals surface area contributed by atoms with Crippen LogP contribution in [0.4, 0.5) is 0 Å². The molecule has 0 atom stereocenters. The smallest absolute Gasteiger partial charge is 1.00 e. The van der Waals surface area contributed by atoms with Gasteiger partial charge < -0.3 is 12.4 Å². The van der Waals surface area contributed by atoms with E-state index < -0.39 is 8.07 Å². The van der Waals surface area contributed by atoms with Crippen molar-refractivity contribution in [3.05, 3.63) is 0 Å². The van der Waals surface area contributed by atoms with E-state index in [2.05, 4.69) is 19.6 Å². The molecule has 40 valence electrons. The number of halogens is 1. The van der Waals surface area contributed by atoms with E-state index in [9.17, 15) is 0 Å². The molecule has 0 saturated carbocycles. The van der Waals surface area contributed by atoms with Gasteiger partial charge in [0.1, 0.15) is 0 Å². The van der Waals surface area contributed by atoms with Gasteiger partial charge in [0.25, 0.3) is 0 Å². The van der Waals surface area contributed by atoms with Crippen molar-refractivity contribution in [2.45, 2.75) is 24.3 Å². The molecular weight excluding hydrogens is 177 g/mol. The van der Waals surface area contributed by atoms with Crippen LogP contribution < -0.4 is 12.4 Å². The molecule has 0 aromatic carbocycles. The minimum atomic E-state index is -0.576. The first-order valence-corrected chi connectivity index (χ1v) is 8.16. The van der Waals surface area contributed by atoms with E-state index >= 15 is 0 Å². The topological polar surface area (TPSA) is 0 Å². The molecule has 0 radical (unpaired) electrons. The zero-order valence-electron chi connectivity index (χ0n) is 5.29. The second-order valence-corrected chi connectivity index (χ2v) is 11.6. The summed E-state index contributed by atoms with van der Waals surface area (Å²) >= 11 is 1.50. The zero-order valence-corrected chi connectivity index (χ0v) is 10.0. The molecule has 0 aromatic rings. The molecule has 0 fully saturated rings. The van der Waals surface area contributed by atoms with Crippen molar-refractivity contribution in [2.24, 2.45) is 0 Å². The molecule has 0 amide bonds. The summed E-state index contributed by atoms with van der Waals surface area (Å²) in [6.45, 7) is 7.24. The molecule has 0 N–H and O–H groups in total. The fourth-order valence-corrected chi connectivity index (χ4v) is 0. The average molecular weight is 188 g/mol. The molecular formula is C4H11ClSiZn. The Labute approximate surface area is 63.2 Å². The van der Waals surface area contributed by atoms with Gasteiger partial charge in [-0.2, -0.15) is 0 Å². The Morgan fingerprint density at radius 2 is 1.43 bits per heavy atom. The third-order valence-electron chi connectivity index (χ3n) is 0.750. The average Bonchev–Trinajstić information content (AvgIpc) is 1.35. The second kappa shape index (κ2) is 4.05. The van der Waals surface area contributed by atoms with Gasteiger partial charge in [-0.1, -0.05) is 0 Å². The minimum Gasteiger partial charge on any atom is -1.00 e. The van der Waals surface area contributed by atoms with Gasteiger partial charge in [0, 0.05) is 0 Å². The van der Waals surface area contributed by atoms with Crippen LogP contribution in [0.15, 0.2) is 0 Å². The van der Waals surface area contributed by atoms with Crippen LogP contribution in [-0.4, -0.2) is 8.07 Å².